The lowest BCUT2D eigenvalue weighted by molar-refractivity contribution is -0.170. The van der Waals surface area contributed by atoms with E-state index in [1.807, 2.05) is 0 Å². The molecule has 0 radical (unpaired) electrons. The topological polar surface area (TPSA) is 120 Å². The summed E-state index contributed by atoms with van der Waals surface area (Å²) in [7, 11) is -2.44. The second-order valence-corrected chi connectivity index (χ2v) is 13.0. The second-order valence-electron chi connectivity index (χ2n) is 10.5. The lowest BCUT2D eigenvalue weighted by Crippen LogP contribution is -2.57. The van der Waals surface area contributed by atoms with Gasteiger partial charge in [0.1, 0.15) is 0 Å². The Hall–Kier alpha value is -2.69. The number of likely N-dealkylation sites (N-methyl/N-ethyl adjacent to an activating group) is 1. The van der Waals surface area contributed by atoms with E-state index in [-0.39, 0.29) is 40.6 Å². The van der Waals surface area contributed by atoms with Gasteiger partial charge in [-0.3, -0.25) is 9.63 Å². The molecule has 8 nitrogen and oxygen atoms in total. The first kappa shape index (κ1) is 27.9. The Kier molecular flexibility index (Phi) is 7.18. The summed E-state index contributed by atoms with van der Waals surface area (Å²) in [6, 6.07) is 6.41. The van der Waals surface area contributed by atoms with Crippen molar-refractivity contribution < 1.29 is 36.3 Å². The van der Waals surface area contributed by atoms with Gasteiger partial charge in [0.15, 0.2) is 27.3 Å². The fourth-order valence-corrected chi connectivity index (χ4v) is 9.44. The fourth-order valence-electron chi connectivity index (χ4n) is 6.60. The number of carbonyl (C=O) groups excluding carboxylic acids is 1. The number of sulfone groups is 1. The third-order valence-corrected chi connectivity index (χ3v) is 11.0. The van der Waals surface area contributed by atoms with Crippen molar-refractivity contribution in [2.75, 3.05) is 19.0 Å². The summed E-state index contributed by atoms with van der Waals surface area (Å²) in [5.41, 5.74) is -1.80. The maximum absolute atomic E-state index is 13.9. The zero-order valence-corrected chi connectivity index (χ0v) is 22.3. The number of hydrogen-bond donors (Lipinski definition) is 2. The van der Waals surface area contributed by atoms with E-state index in [0.29, 0.717) is 25.0 Å². The van der Waals surface area contributed by atoms with Gasteiger partial charge in [-0.15, -0.1) is 0 Å². The number of hydrogen-bond acceptors (Lipinski definition) is 7. The van der Waals surface area contributed by atoms with E-state index in [0.717, 1.165) is 6.07 Å². The van der Waals surface area contributed by atoms with Crippen molar-refractivity contribution in [1.29, 1.82) is 5.26 Å². The van der Waals surface area contributed by atoms with Gasteiger partial charge in [0.05, 0.1) is 45.4 Å². The van der Waals surface area contributed by atoms with Crippen LogP contribution in [-0.4, -0.2) is 55.0 Å². The van der Waals surface area contributed by atoms with Crippen LogP contribution < -0.4 is 5.32 Å². The number of nitrogens with zero attached hydrogens (tertiary/aromatic N) is 2. The Morgan fingerprint density at radius 3 is 2.38 bits per heavy atom. The number of fused-ring (bicyclic) bond motifs is 2. The van der Waals surface area contributed by atoms with E-state index >= 15 is 0 Å². The minimum Gasteiger partial charge on any atom is -0.388 e. The molecule has 2 bridgehead atoms. The lowest BCUT2D eigenvalue weighted by Gasteiger charge is -2.45. The van der Waals surface area contributed by atoms with Gasteiger partial charge in [0.25, 0.3) is 5.91 Å². The van der Waals surface area contributed by atoms with Crippen LogP contribution in [0.3, 0.4) is 0 Å². The summed E-state index contributed by atoms with van der Waals surface area (Å²) in [5, 5.41) is 23.9. The maximum Gasteiger partial charge on any atom is 0.255 e. The van der Waals surface area contributed by atoms with Crippen molar-refractivity contribution in [1.82, 2.24) is 5.06 Å². The molecule has 2 saturated carbocycles. The number of amides is 1. The fraction of sp³-hybridized carbons (Fsp3) is 0.462. The van der Waals surface area contributed by atoms with E-state index in [1.165, 1.54) is 17.2 Å². The molecule has 3 aliphatic rings. The van der Waals surface area contributed by atoms with Crippen molar-refractivity contribution in [3.63, 3.8) is 0 Å². The highest BCUT2D eigenvalue weighted by atomic mass is 35.5. The first-order valence-electron chi connectivity index (χ1n) is 12.3. The molecule has 2 N–H and O–H groups in total. The summed E-state index contributed by atoms with van der Waals surface area (Å²) in [4.78, 5) is 18.0. The molecule has 1 amide bonds. The first-order valence-corrected chi connectivity index (χ1v) is 14.2. The van der Waals surface area contributed by atoms with Gasteiger partial charge in [-0.2, -0.15) is 10.3 Å². The molecule has 2 aliphatic carbocycles. The highest BCUT2D eigenvalue weighted by molar-refractivity contribution is 7.92. The predicted molar refractivity (Wildman–Crippen MR) is 134 cm³/mol. The monoisotopic (exact) mass is 583 g/mol. The van der Waals surface area contributed by atoms with Gasteiger partial charge >= 0.3 is 0 Å². The van der Waals surface area contributed by atoms with Crippen molar-refractivity contribution in [3.8, 4) is 6.07 Å². The Morgan fingerprint density at radius 2 is 1.79 bits per heavy atom. The molecule has 3 unspecified atom stereocenters. The van der Waals surface area contributed by atoms with Crippen LogP contribution in [0.15, 0.2) is 35.2 Å². The molecule has 0 aromatic heterocycles. The van der Waals surface area contributed by atoms with E-state index < -0.39 is 67.8 Å². The van der Waals surface area contributed by atoms with Crippen molar-refractivity contribution >= 4 is 33.0 Å². The van der Waals surface area contributed by atoms with Crippen LogP contribution in [-0.2, 0) is 14.7 Å². The number of nitrogens with one attached hydrogen (secondary N) is 1. The van der Waals surface area contributed by atoms with Crippen molar-refractivity contribution in [3.05, 3.63) is 58.4 Å². The largest absolute Gasteiger partial charge is 0.388 e. The Balaban J connectivity index is 1.41. The third kappa shape index (κ3) is 4.80. The van der Waals surface area contributed by atoms with Crippen LogP contribution in [0.4, 0.5) is 18.9 Å². The molecule has 5 rings (SSSR count). The predicted octanol–water partition coefficient (Wildman–Crippen LogP) is 4.09. The minimum atomic E-state index is -4.09. The SMILES string of the molecule is CN1OCC(C#N)C1[C@]1(O)CC2CC[C@@H](C1)[C@H]2S(=O)(=O)c1cc(C(=O)Nc2cc(F)c(F)c(F)c2)ccc1Cl. The first-order chi connectivity index (χ1) is 18.4. The number of hydroxylamine groups is 2. The smallest absolute Gasteiger partial charge is 0.255 e. The highest BCUT2D eigenvalue weighted by Crippen LogP contribution is 2.54. The van der Waals surface area contributed by atoms with E-state index in [2.05, 4.69) is 11.4 Å². The van der Waals surface area contributed by atoms with Crippen molar-refractivity contribution in [2.24, 2.45) is 17.8 Å². The number of benzene rings is 2. The number of anilines is 1. The van der Waals surface area contributed by atoms with Gasteiger partial charge < -0.3 is 10.4 Å². The molecular weight excluding hydrogens is 559 g/mol. The summed E-state index contributed by atoms with van der Waals surface area (Å²) in [6.07, 6.45) is 1.43. The van der Waals surface area contributed by atoms with Gasteiger partial charge in [-0.1, -0.05) is 11.6 Å². The molecule has 39 heavy (non-hydrogen) atoms. The normalized spacial score (nSPS) is 30.7. The molecule has 13 heteroatoms. The standard InChI is InChI=1S/C26H25ClF3N3O5S/c1-33-24(16(11-31)12-38-33)26(35)9-14-2-3-15(10-26)23(14)39(36,37)21-6-13(4-5-18(21)27)25(34)32-17-7-19(28)22(30)20(29)8-17/h4-8,14-16,23-24,35H,2-3,9-10,12H2,1H3,(H,32,34)/t14-,15?,16?,23+,24?,26+/m0/s1. The molecule has 0 spiro atoms. The molecule has 6 atom stereocenters. The van der Waals surface area contributed by atoms with Crippen LogP contribution >= 0.6 is 11.6 Å². The summed E-state index contributed by atoms with van der Waals surface area (Å²) in [5.74, 6) is -6.92. The van der Waals surface area contributed by atoms with Crippen LogP contribution in [0.5, 0.6) is 0 Å². The van der Waals surface area contributed by atoms with E-state index in [1.54, 1.807) is 7.05 Å². The van der Waals surface area contributed by atoms with Gasteiger partial charge in [-0.25, -0.2) is 21.6 Å². The Labute approximate surface area is 228 Å². The average Bonchev–Trinajstić information content (AvgIpc) is 3.40. The third-order valence-electron chi connectivity index (χ3n) is 8.12. The zero-order chi connectivity index (χ0) is 28.3. The molecule has 1 saturated heterocycles. The van der Waals surface area contributed by atoms with Gasteiger partial charge in [0, 0.05) is 30.4 Å². The van der Waals surface area contributed by atoms with Crippen LogP contribution in [0.2, 0.25) is 5.02 Å². The van der Waals surface area contributed by atoms with Crippen LogP contribution in [0.25, 0.3) is 0 Å². The molecular formula is C26H25ClF3N3O5S. The zero-order valence-electron chi connectivity index (χ0n) is 20.7. The highest BCUT2D eigenvalue weighted by Gasteiger charge is 2.59. The minimum absolute atomic E-state index is 0.0980. The quantitative estimate of drug-likeness (QED) is 0.509. The Bertz CT molecular complexity index is 1450. The van der Waals surface area contributed by atoms with Gasteiger partial charge in [-0.05, 0) is 55.7 Å². The average molecular weight is 584 g/mol. The Morgan fingerprint density at radius 1 is 1.18 bits per heavy atom. The van der Waals surface area contributed by atoms with Crippen LogP contribution in [0.1, 0.15) is 36.0 Å². The molecule has 3 fully saturated rings. The van der Waals surface area contributed by atoms with E-state index in [9.17, 15) is 36.8 Å². The van der Waals surface area contributed by atoms with Crippen molar-refractivity contribution in [2.45, 2.75) is 47.5 Å². The van der Waals surface area contributed by atoms with Crippen LogP contribution in [0, 0.1) is 46.5 Å². The molecule has 2 aromatic rings. The lowest BCUT2D eigenvalue weighted by atomic mass is 9.70. The maximum atomic E-state index is 13.9. The number of halogens is 4. The number of nitriles is 1. The molecule has 208 valence electrons. The number of rotatable bonds is 5. The molecule has 2 aromatic carbocycles. The summed E-state index contributed by atoms with van der Waals surface area (Å²) < 4.78 is 68.2. The van der Waals surface area contributed by atoms with Gasteiger partial charge in [0.2, 0.25) is 0 Å². The summed E-state index contributed by atoms with van der Waals surface area (Å²) in [6.45, 7) is 0.151. The number of carbonyl (C=O) groups is 1. The number of aliphatic hydroxyl groups is 1. The van der Waals surface area contributed by atoms with E-state index in [4.69, 9.17) is 16.4 Å². The summed E-state index contributed by atoms with van der Waals surface area (Å²) >= 11 is 6.30. The second kappa shape index (κ2) is 10.1. The molecule has 1 aliphatic heterocycles. The molecule has 1 heterocycles.